The molecule has 1 N–H and O–H groups in total. The number of carbonyl (C=O) groups excluding carboxylic acids is 1. The third-order valence-corrected chi connectivity index (χ3v) is 3.44. The van der Waals surface area contributed by atoms with Crippen LogP contribution in [0.15, 0.2) is 37.0 Å². The highest BCUT2D eigenvalue weighted by Crippen LogP contribution is 2.12. The van der Waals surface area contributed by atoms with Crippen LogP contribution in [0.25, 0.3) is 0 Å². The normalized spacial score (nSPS) is 21.3. The van der Waals surface area contributed by atoms with Crippen molar-refractivity contribution in [1.29, 1.82) is 0 Å². The predicted molar refractivity (Wildman–Crippen MR) is 78.2 cm³/mol. The summed E-state index contributed by atoms with van der Waals surface area (Å²) >= 11 is 5.57. The molecule has 1 heterocycles. The highest BCUT2D eigenvalue weighted by Gasteiger charge is 2.29. The molecule has 0 aromatic rings. The van der Waals surface area contributed by atoms with Crippen LogP contribution in [0.4, 0.5) is 0 Å². The third-order valence-electron chi connectivity index (χ3n) is 3.21. The highest BCUT2D eigenvalue weighted by molar-refractivity contribution is 6.27. The van der Waals surface area contributed by atoms with E-state index in [0.717, 1.165) is 18.7 Å². The molecule has 1 aliphatic rings. The van der Waals surface area contributed by atoms with Crippen molar-refractivity contribution in [2.24, 2.45) is 0 Å². The molecule has 1 unspecified atom stereocenters. The van der Waals surface area contributed by atoms with E-state index < -0.39 is 0 Å². The number of rotatable bonds is 6. The van der Waals surface area contributed by atoms with Gasteiger partial charge in [-0.1, -0.05) is 31.4 Å². The Morgan fingerprint density at radius 2 is 2.16 bits per heavy atom. The van der Waals surface area contributed by atoms with Gasteiger partial charge >= 0.3 is 0 Å². The van der Waals surface area contributed by atoms with E-state index in [1.807, 2.05) is 6.08 Å². The molecule has 0 spiro atoms. The summed E-state index contributed by atoms with van der Waals surface area (Å²) in [6, 6.07) is -0.185. The van der Waals surface area contributed by atoms with Gasteiger partial charge in [0.15, 0.2) is 0 Å². The van der Waals surface area contributed by atoms with Crippen molar-refractivity contribution in [1.82, 2.24) is 9.80 Å². The van der Waals surface area contributed by atoms with E-state index in [1.165, 1.54) is 0 Å². The van der Waals surface area contributed by atoms with Crippen LogP contribution in [0.2, 0.25) is 0 Å². The first-order valence-corrected chi connectivity index (χ1v) is 6.82. The lowest BCUT2D eigenvalue weighted by atomic mass is 10.1. The van der Waals surface area contributed by atoms with Gasteiger partial charge in [0.1, 0.15) is 5.88 Å². The number of amides is 1. The number of carbonyl (C=O) groups is 1. The van der Waals surface area contributed by atoms with Crippen LogP contribution >= 0.6 is 11.6 Å². The van der Waals surface area contributed by atoms with Gasteiger partial charge < -0.3 is 10.0 Å². The van der Waals surface area contributed by atoms with Gasteiger partial charge in [-0.15, -0.1) is 11.6 Å². The van der Waals surface area contributed by atoms with E-state index in [2.05, 4.69) is 18.1 Å². The Hall–Kier alpha value is -1.10. The van der Waals surface area contributed by atoms with Gasteiger partial charge in [0.25, 0.3) is 0 Å². The van der Waals surface area contributed by atoms with E-state index >= 15 is 0 Å². The Labute approximate surface area is 119 Å². The number of aliphatic hydroxyl groups excluding tert-OH is 1. The minimum absolute atomic E-state index is 0.0369. The lowest BCUT2D eigenvalue weighted by Crippen LogP contribution is -2.57. The van der Waals surface area contributed by atoms with Crippen molar-refractivity contribution in [3.05, 3.63) is 37.0 Å². The summed E-state index contributed by atoms with van der Waals surface area (Å²) in [4.78, 5) is 15.5. The topological polar surface area (TPSA) is 43.8 Å². The molecular weight excluding hydrogens is 264 g/mol. The van der Waals surface area contributed by atoms with Crippen LogP contribution in [0, 0.1) is 0 Å². The van der Waals surface area contributed by atoms with Gasteiger partial charge in [0.2, 0.25) is 5.91 Å². The van der Waals surface area contributed by atoms with Crippen molar-refractivity contribution in [2.75, 3.05) is 38.7 Å². The Morgan fingerprint density at radius 3 is 2.68 bits per heavy atom. The molecule has 4 nitrogen and oxygen atoms in total. The predicted octanol–water partition coefficient (Wildman–Crippen LogP) is 1.03. The number of halogens is 1. The van der Waals surface area contributed by atoms with Gasteiger partial charge in [-0.2, -0.15) is 0 Å². The van der Waals surface area contributed by atoms with E-state index in [0.29, 0.717) is 13.1 Å². The molecule has 1 aliphatic heterocycles. The fourth-order valence-electron chi connectivity index (χ4n) is 2.22. The van der Waals surface area contributed by atoms with Crippen molar-refractivity contribution in [3.63, 3.8) is 0 Å². The van der Waals surface area contributed by atoms with Crippen LogP contribution in [-0.2, 0) is 4.79 Å². The Balaban J connectivity index is 2.63. The van der Waals surface area contributed by atoms with Crippen LogP contribution in [-0.4, -0.2) is 65.5 Å². The Kier molecular flexibility index (Phi) is 6.84. The Morgan fingerprint density at radius 1 is 1.42 bits per heavy atom. The third kappa shape index (κ3) is 4.49. The second kappa shape index (κ2) is 8.15. The fourth-order valence-corrected chi connectivity index (χ4v) is 2.37. The van der Waals surface area contributed by atoms with Crippen LogP contribution < -0.4 is 0 Å². The van der Waals surface area contributed by atoms with Gasteiger partial charge in [-0.05, 0) is 5.57 Å². The minimum Gasteiger partial charge on any atom is -0.394 e. The minimum atomic E-state index is -0.185. The molecule has 5 heteroatoms. The summed E-state index contributed by atoms with van der Waals surface area (Å²) in [5.74, 6) is -0.156. The average molecular weight is 285 g/mol. The SMILES string of the molecule is C=C/C=C(\C=C)CN1CCN(C(=O)CCl)C(CO)C1. The molecule has 0 aromatic carbocycles. The number of aliphatic hydroxyl groups is 1. The number of allylic oxidation sites excluding steroid dienone is 2. The molecule has 0 bridgehead atoms. The maximum atomic E-state index is 11.6. The van der Waals surface area contributed by atoms with Crippen molar-refractivity contribution in [2.45, 2.75) is 6.04 Å². The van der Waals surface area contributed by atoms with Crippen molar-refractivity contribution < 1.29 is 9.90 Å². The van der Waals surface area contributed by atoms with E-state index in [1.54, 1.807) is 17.1 Å². The zero-order valence-corrected chi connectivity index (χ0v) is 11.9. The average Bonchev–Trinajstić information content (AvgIpc) is 2.45. The van der Waals surface area contributed by atoms with Gasteiger partial charge in [-0.3, -0.25) is 9.69 Å². The molecule has 0 saturated carbocycles. The Bertz CT molecular complexity index is 368. The van der Waals surface area contributed by atoms with Crippen LogP contribution in [0.1, 0.15) is 0 Å². The second-order valence-electron chi connectivity index (χ2n) is 4.47. The zero-order chi connectivity index (χ0) is 14.3. The van der Waals surface area contributed by atoms with Crippen molar-refractivity contribution >= 4 is 17.5 Å². The molecule has 19 heavy (non-hydrogen) atoms. The van der Waals surface area contributed by atoms with Gasteiger partial charge in [-0.25, -0.2) is 0 Å². The molecule has 0 radical (unpaired) electrons. The summed E-state index contributed by atoms with van der Waals surface area (Å²) in [6.07, 6.45) is 5.44. The summed E-state index contributed by atoms with van der Waals surface area (Å²) in [5, 5.41) is 9.40. The number of alkyl halides is 1. The number of hydrogen-bond acceptors (Lipinski definition) is 3. The smallest absolute Gasteiger partial charge is 0.237 e. The van der Waals surface area contributed by atoms with Crippen LogP contribution in [0.3, 0.4) is 0 Å². The summed E-state index contributed by atoms with van der Waals surface area (Å²) < 4.78 is 0. The van der Waals surface area contributed by atoms with Gasteiger partial charge in [0, 0.05) is 26.2 Å². The zero-order valence-electron chi connectivity index (χ0n) is 11.1. The largest absolute Gasteiger partial charge is 0.394 e. The summed E-state index contributed by atoms with van der Waals surface area (Å²) in [7, 11) is 0. The quantitative estimate of drug-likeness (QED) is 0.585. The molecule has 1 atom stereocenters. The lowest BCUT2D eigenvalue weighted by molar-refractivity contribution is -0.134. The first-order chi connectivity index (χ1) is 9.15. The maximum absolute atomic E-state index is 11.6. The summed E-state index contributed by atoms with van der Waals surface area (Å²) in [5.41, 5.74) is 1.07. The molecule has 106 valence electrons. The molecule has 1 fully saturated rings. The van der Waals surface area contributed by atoms with Gasteiger partial charge in [0.05, 0.1) is 12.6 Å². The molecule has 1 saturated heterocycles. The molecule has 1 amide bonds. The lowest BCUT2D eigenvalue weighted by Gasteiger charge is -2.40. The maximum Gasteiger partial charge on any atom is 0.237 e. The first kappa shape index (κ1) is 16.0. The number of piperazine rings is 1. The number of nitrogens with zero attached hydrogens (tertiary/aromatic N) is 2. The summed E-state index contributed by atoms with van der Waals surface area (Å²) in [6.45, 7) is 10.1. The van der Waals surface area contributed by atoms with E-state index in [-0.39, 0.29) is 24.4 Å². The van der Waals surface area contributed by atoms with E-state index in [4.69, 9.17) is 11.6 Å². The van der Waals surface area contributed by atoms with Crippen LogP contribution in [0.5, 0.6) is 0 Å². The second-order valence-corrected chi connectivity index (χ2v) is 4.74. The molecular formula is C14H21ClN2O2. The standard InChI is InChI=1S/C14H21ClN2O2/c1-3-5-12(4-2)9-16-6-7-17(14(19)8-15)13(10-16)11-18/h3-5,13,18H,1-2,6-11H2/b12-5+. The highest BCUT2D eigenvalue weighted by atomic mass is 35.5. The fraction of sp³-hybridized carbons (Fsp3) is 0.500. The molecule has 0 aliphatic carbocycles. The first-order valence-electron chi connectivity index (χ1n) is 6.29. The van der Waals surface area contributed by atoms with Crippen molar-refractivity contribution in [3.8, 4) is 0 Å². The monoisotopic (exact) mass is 284 g/mol. The molecule has 1 rings (SSSR count). The number of hydrogen-bond donors (Lipinski definition) is 1. The molecule has 0 aromatic heterocycles. The van der Waals surface area contributed by atoms with E-state index in [9.17, 15) is 9.90 Å².